The van der Waals surface area contributed by atoms with Gasteiger partial charge >= 0.3 is 5.97 Å². The van der Waals surface area contributed by atoms with E-state index < -0.39 is 23.5 Å². The molecule has 0 spiro atoms. The molecule has 2 heterocycles. The SMILES string of the molecule is COc1ccc(Cl)cc1CNC1C(c2cccnc2N(C)C)N(C(=O)C2CCCCC2)C(C(=O)O)C1C(C)(C)C. The molecule has 1 aromatic carbocycles. The molecule has 8 nitrogen and oxygen atoms in total. The summed E-state index contributed by atoms with van der Waals surface area (Å²) in [5.41, 5.74) is 1.27. The first-order valence-electron chi connectivity index (χ1n) is 14.2. The van der Waals surface area contributed by atoms with Crippen LogP contribution in [0.3, 0.4) is 0 Å². The van der Waals surface area contributed by atoms with Crippen LogP contribution in [0.1, 0.15) is 70.0 Å². The molecule has 2 aliphatic rings. The number of amides is 1. The van der Waals surface area contributed by atoms with E-state index in [9.17, 15) is 14.7 Å². The van der Waals surface area contributed by atoms with Gasteiger partial charge in [0.05, 0.1) is 13.2 Å². The van der Waals surface area contributed by atoms with Gasteiger partial charge in [-0.1, -0.05) is 57.7 Å². The molecule has 218 valence electrons. The lowest BCUT2D eigenvalue weighted by Gasteiger charge is -2.36. The van der Waals surface area contributed by atoms with E-state index in [2.05, 4.69) is 31.1 Å². The van der Waals surface area contributed by atoms with Crippen molar-refractivity contribution >= 4 is 29.3 Å². The molecule has 4 rings (SSSR count). The smallest absolute Gasteiger partial charge is 0.326 e. The Balaban J connectivity index is 1.88. The summed E-state index contributed by atoms with van der Waals surface area (Å²) in [6.45, 7) is 6.57. The van der Waals surface area contributed by atoms with Crippen LogP contribution in [0.25, 0.3) is 0 Å². The fraction of sp³-hybridized carbons (Fsp3) is 0.581. The monoisotopic (exact) mass is 570 g/mol. The van der Waals surface area contributed by atoms with Crippen LogP contribution in [0.2, 0.25) is 5.02 Å². The predicted molar refractivity (Wildman–Crippen MR) is 158 cm³/mol. The molecule has 1 aliphatic carbocycles. The lowest BCUT2D eigenvalue weighted by molar-refractivity contribution is -0.154. The van der Waals surface area contributed by atoms with Gasteiger partial charge in [0, 0.05) is 60.9 Å². The Morgan fingerprint density at radius 1 is 1.18 bits per heavy atom. The average Bonchev–Trinajstić information content (AvgIpc) is 3.28. The van der Waals surface area contributed by atoms with Crippen molar-refractivity contribution in [2.24, 2.45) is 17.3 Å². The van der Waals surface area contributed by atoms with Crippen molar-refractivity contribution in [2.45, 2.75) is 77.5 Å². The highest BCUT2D eigenvalue weighted by Gasteiger charge is 2.59. The summed E-state index contributed by atoms with van der Waals surface area (Å²) < 4.78 is 5.60. The predicted octanol–water partition coefficient (Wildman–Crippen LogP) is 5.55. The molecule has 2 aromatic rings. The van der Waals surface area contributed by atoms with Crippen LogP contribution in [0, 0.1) is 17.3 Å². The first-order valence-corrected chi connectivity index (χ1v) is 14.6. The Kier molecular flexibility index (Phi) is 9.30. The number of likely N-dealkylation sites (tertiary alicyclic amines) is 1. The molecule has 4 atom stereocenters. The Labute approximate surface area is 243 Å². The first kappa shape index (κ1) is 30.1. The summed E-state index contributed by atoms with van der Waals surface area (Å²) in [4.78, 5) is 35.8. The summed E-state index contributed by atoms with van der Waals surface area (Å²) in [6, 6.07) is 7.42. The average molecular weight is 571 g/mol. The van der Waals surface area contributed by atoms with Crippen LogP contribution in [-0.2, 0) is 16.1 Å². The maximum absolute atomic E-state index is 14.4. The van der Waals surface area contributed by atoms with Crippen LogP contribution in [0.5, 0.6) is 5.75 Å². The highest BCUT2D eigenvalue weighted by atomic mass is 35.5. The number of pyridine rings is 1. The first-order chi connectivity index (χ1) is 19.0. The number of hydrogen-bond donors (Lipinski definition) is 2. The number of hydrogen-bond acceptors (Lipinski definition) is 6. The quantitative estimate of drug-likeness (QED) is 0.430. The minimum Gasteiger partial charge on any atom is -0.496 e. The van der Waals surface area contributed by atoms with Crippen molar-refractivity contribution in [3.8, 4) is 5.75 Å². The maximum Gasteiger partial charge on any atom is 0.326 e. The minimum absolute atomic E-state index is 0.0652. The van der Waals surface area contributed by atoms with Gasteiger partial charge in [0.15, 0.2) is 0 Å². The topological polar surface area (TPSA) is 95.0 Å². The van der Waals surface area contributed by atoms with E-state index in [0.717, 1.165) is 49.0 Å². The highest BCUT2D eigenvalue weighted by Crippen LogP contribution is 2.50. The zero-order valence-electron chi connectivity index (χ0n) is 24.5. The zero-order chi connectivity index (χ0) is 29.2. The number of methoxy groups -OCH3 is 1. The fourth-order valence-corrected chi connectivity index (χ4v) is 6.93. The number of nitrogens with one attached hydrogen (secondary N) is 1. The van der Waals surface area contributed by atoms with E-state index >= 15 is 0 Å². The van der Waals surface area contributed by atoms with Gasteiger partial charge in [0.2, 0.25) is 5.91 Å². The number of carbonyl (C=O) groups is 2. The third-order valence-corrected chi connectivity index (χ3v) is 8.69. The normalized spacial score (nSPS) is 23.7. The zero-order valence-corrected chi connectivity index (χ0v) is 25.2. The van der Waals surface area contributed by atoms with Crippen LogP contribution in [0.15, 0.2) is 36.5 Å². The molecular weight excluding hydrogens is 528 g/mol. The summed E-state index contributed by atoms with van der Waals surface area (Å²) in [7, 11) is 5.46. The van der Waals surface area contributed by atoms with E-state index in [1.807, 2.05) is 43.3 Å². The number of carboxylic acids is 1. The lowest BCUT2D eigenvalue weighted by Crippen LogP contribution is -2.49. The van der Waals surface area contributed by atoms with E-state index in [1.54, 1.807) is 24.3 Å². The standard InChI is InChI=1S/C31H43ClN4O4/c1-31(2,3)24-25(34-18-20-17-21(32)14-15-23(20)40-6)26(22-13-10-16-33-28(22)35(4)5)36(27(24)30(38)39)29(37)19-11-8-7-9-12-19/h10,13-17,19,24-27,34H,7-9,11-12,18H2,1-6H3,(H,38,39). The Morgan fingerprint density at radius 2 is 1.88 bits per heavy atom. The number of nitrogens with zero attached hydrogens (tertiary/aromatic N) is 3. The molecule has 1 aromatic heterocycles. The van der Waals surface area contributed by atoms with Crippen LogP contribution >= 0.6 is 11.6 Å². The number of carboxylic acid groups (broad SMARTS) is 1. The molecule has 40 heavy (non-hydrogen) atoms. The number of aromatic nitrogens is 1. The van der Waals surface area contributed by atoms with Crippen molar-refractivity contribution in [3.63, 3.8) is 0 Å². The van der Waals surface area contributed by atoms with Crippen molar-refractivity contribution < 1.29 is 19.4 Å². The molecule has 0 radical (unpaired) electrons. The number of benzene rings is 1. The van der Waals surface area contributed by atoms with Crippen LogP contribution < -0.4 is 15.0 Å². The summed E-state index contributed by atoms with van der Waals surface area (Å²) in [6.07, 6.45) is 6.40. The number of aliphatic carboxylic acids is 1. The number of halogens is 1. The number of rotatable bonds is 8. The van der Waals surface area contributed by atoms with E-state index in [0.29, 0.717) is 17.3 Å². The largest absolute Gasteiger partial charge is 0.496 e. The molecule has 1 amide bonds. The number of carbonyl (C=O) groups excluding carboxylic acids is 1. The van der Waals surface area contributed by atoms with Gasteiger partial charge in [0.1, 0.15) is 17.6 Å². The second kappa shape index (κ2) is 12.4. The number of anilines is 1. The fourth-order valence-electron chi connectivity index (χ4n) is 6.74. The third-order valence-electron chi connectivity index (χ3n) is 8.46. The second-order valence-corrected chi connectivity index (χ2v) is 12.8. The summed E-state index contributed by atoms with van der Waals surface area (Å²) in [5, 5.41) is 15.0. The molecular formula is C31H43ClN4O4. The molecule has 2 N–H and O–H groups in total. The molecule has 9 heteroatoms. The number of ether oxygens (including phenoxy) is 1. The molecule has 1 saturated heterocycles. The van der Waals surface area contributed by atoms with Gasteiger partial charge < -0.3 is 25.0 Å². The summed E-state index contributed by atoms with van der Waals surface area (Å²) in [5.74, 6) is -0.190. The Hall–Kier alpha value is -2.84. The molecule has 4 unspecified atom stereocenters. The van der Waals surface area contributed by atoms with Gasteiger partial charge in [-0.15, -0.1) is 0 Å². The summed E-state index contributed by atoms with van der Waals surface area (Å²) >= 11 is 6.34. The van der Waals surface area contributed by atoms with Gasteiger partial charge in [0.25, 0.3) is 0 Å². The van der Waals surface area contributed by atoms with Gasteiger partial charge in [-0.05, 0) is 42.5 Å². The van der Waals surface area contributed by atoms with Gasteiger partial charge in [-0.3, -0.25) is 4.79 Å². The van der Waals surface area contributed by atoms with Crippen LogP contribution in [0.4, 0.5) is 5.82 Å². The molecule has 1 saturated carbocycles. The van der Waals surface area contributed by atoms with Gasteiger partial charge in [-0.25, -0.2) is 9.78 Å². The maximum atomic E-state index is 14.4. The van der Waals surface area contributed by atoms with Crippen molar-refractivity contribution in [3.05, 3.63) is 52.7 Å². The molecule has 2 fully saturated rings. The van der Waals surface area contributed by atoms with E-state index in [-0.39, 0.29) is 23.8 Å². The van der Waals surface area contributed by atoms with Crippen LogP contribution in [-0.4, -0.2) is 60.2 Å². The highest BCUT2D eigenvalue weighted by molar-refractivity contribution is 6.30. The third kappa shape index (κ3) is 6.08. The second-order valence-electron chi connectivity index (χ2n) is 12.4. The Bertz CT molecular complexity index is 1210. The minimum atomic E-state index is -0.992. The Morgan fingerprint density at radius 3 is 2.48 bits per heavy atom. The van der Waals surface area contributed by atoms with E-state index in [4.69, 9.17) is 16.3 Å². The van der Waals surface area contributed by atoms with Gasteiger partial charge in [-0.2, -0.15) is 0 Å². The van der Waals surface area contributed by atoms with Crippen molar-refractivity contribution in [2.75, 3.05) is 26.1 Å². The van der Waals surface area contributed by atoms with Crippen molar-refractivity contribution in [1.82, 2.24) is 15.2 Å². The van der Waals surface area contributed by atoms with E-state index in [1.165, 1.54) is 0 Å². The molecule has 0 bridgehead atoms. The van der Waals surface area contributed by atoms with Crippen molar-refractivity contribution in [1.29, 1.82) is 0 Å². The lowest BCUT2D eigenvalue weighted by atomic mass is 9.72. The molecule has 1 aliphatic heterocycles.